The number of rotatable bonds is 5. The fourth-order valence-electron chi connectivity index (χ4n) is 1.15. The van der Waals surface area contributed by atoms with Gasteiger partial charge in [-0.3, -0.25) is 0 Å². The maximum atomic E-state index is 8.58. The molecule has 0 aromatic heterocycles. The Hall–Kier alpha value is -1.06. The van der Waals surface area contributed by atoms with Gasteiger partial charge in [-0.05, 0) is 6.07 Å². The molecule has 0 unspecified atom stereocenters. The van der Waals surface area contributed by atoms with Crippen LogP contribution in [0.15, 0.2) is 24.3 Å². The summed E-state index contributed by atoms with van der Waals surface area (Å²) in [6.07, 6.45) is 0. The van der Waals surface area contributed by atoms with Crippen molar-refractivity contribution in [3.05, 3.63) is 29.8 Å². The van der Waals surface area contributed by atoms with Gasteiger partial charge in [-0.15, -0.1) is 0 Å². The van der Waals surface area contributed by atoms with Gasteiger partial charge in [0.1, 0.15) is 5.75 Å². The van der Waals surface area contributed by atoms with E-state index in [9.17, 15) is 0 Å². The molecule has 0 aliphatic rings. The van der Waals surface area contributed by atoms with Crippen molar-refractivity contribution in [1.29, 1.82) is 0 Å². The number of hydrogen-bond donors (Lipinski definition) is 2. The Morgan fingerprint density at radius 2 is 2.15 bits per heavy atom. The van der Waals surface area contributed by atoms with Crippen LogP contribution in [0.4, 0.5) is 0 Å². The van der Waals surface area contributed by atoms with Crippen molar-refractivity contribution in [1.82, 2.24) is 5.32 Å². The second kappa shape index (κ2) is 5.56. The summed E-state index contributed by atoms with van der Waals surface area (Å²) in [4.78, 5) is 0. The molecule has 0 bridgehead atoms. The number of nitrogens with one attached hydrogen (secondary N) is 1. The first-order valence-electron chi connectivity index (χ1n) is 4.32. The van der Waals surface area contributed by atoms with Gasteiger partial charge in [0.2, 0.25) is 0 Å². The molecule has 0 fully saturated rings. The zero-order valence-corrected chi connectivity index (χ0v) is 7.79. The van der Waals surface area contributed by atoms with E-state index < -0.39 is 0 Å². The highest BCUT2D eigenvalue weighted by Crippen LogP contribution is 2.16. The molecule has 13 heavy (non-hydrogen) atoms. The van der Waals surface area contributed by atoms with Crippen LogP contribution in [0.2, 0.25) is 0 Å². The second-order valence-electron chi connectivity index (χ2n) is 2.71. The number of hydrogen-bond acceptors (Lipinski definition) is 3. The SMILES string of the molecule is COc1ccccc1CNCCO. The predicted octanol–water partition coefficient (Wildman–Crippen LogP) is 0.777. The Morgan fingerprint density at radius 3 is 2.85 bits per heavy atom. The van der Waals surface area contributed by atoms with E-state index in [2.05, 4.69) is 5.32 Å². The molecule has 0 saturated carbocycles. The lowest BCUT2D eigenvalue weighted by atomic mass is 10.2. The highest BCUT2D eigenvalue weighted by atomic mass is 16.5. The number of methoxy groups -OCH3 is 1. The zero-order chi connectivity index (χ0) is 9.52. The van der Waals surface area contributed by atoms with Crippen molar-refractivity contribution in [2.24, 2.45) is 0 Å². The van der Waals surface area contributed by atoms with Gasteiger partial charge in [0.15, 0.2) is 0 Å². The van der Waals surface area contributed by atoms with Gasteiger partial charge in [0.05, 0.1) is 13.7 Å². The van der Waals surface area contributed by atoms with Gasteiger partial charge < -0.3 is 15.2 Å². The average molecular weight is 181 g/mol. The molecule has 1 rings (SSSR count). The average Bonchev–Trinajstić information content (AvgIpc) is 2.19. The Kier molecular flexibility index (Phi) is 4.29. The highest BCUT2D eigenvalue weighted by molar-refractivity contribution is 5.32. The number of aliphatic hydroxyl groups excluding tert-OH is 1. The quantitative estimate of drug-likeness (QED) is 0.659. The monoisotopic (exact) mass is 181 g/mol. The van der Waals surface area contributed by atoms with Gasteiger partial charge in [-0.25, -0.2) is 0 Å². The van der Waals surface area contributed by atoms with Gasteiger partial charge >= 0.3 is 0 Å². The fraction of sp³-hybridized carbons (Fsp3) is 0.400. The molecule has 0 aliphatic heterocycles. The van der Waals surface area contributed by atoms with Crippen LogP contribution >= 0.6 is 0 Å². The first-order chi connectivity index (χ1) is 6.38. The molecule has 0 spiro atoms. The third-order valence-corrected chi connectivity index (χ3v) is 1.80. The molecule has 0 radical (unpaired) electrons. The fourth-order valence-corrected chi connectivity index (χ4v) is 1.15. The van der Waals surface area contributed by atoms with Gasteiger partial charge in [0, 0.05) is 18.7 Å². The minimum absolute atomic E-state index is 0.162. The molecule has 0 heterocycles. The summed E-state index contributed by atoms with van der Waals surface area (Å²) in [5.41, 5.74) is 1.11. The highest BCUT2D eigenvalue weighted by Gasteiger charge is 1.99. The summed E-state index contributed by atoms with van der Waals surface area (Å²) in [6, 6.07) is 7.84. The summed E-state index contributed by atoms with van der Waals surface area (Å²) < 4.78 is 5.17. The molecule has 72 valence electrons. The number of ether oxygens (including phenoxy) is 1. The number of aliphatic hydroxyl groups is 1. The molecule has 1 aromatic carbocycles. The van der Waals surface area contributed by atoms with Crippen LogP contribution in [0.1, 0.15) is 5.56 Å². The molecule has 2 N–H and O–H groups in total. The number of benzene rings is 1. The largest absolute Gasteiger partial charge is 0.496 e. The Morgan fingerprint density at radius 1 is 1.38 bits per heavy atom. The third-order valence-electron chi connectivity index (χ3n) is 1.80. The topological polar surface area (TPSA) is 41.5 Å². The van der Waals surface area contributed by atoms with E-state index in [1.165, 1.54) is 0 Å². The van der Waals surface area contributed by atoms with Crippen LogP contribution in [0.25, 0.3) is 0 Å². The minimum Gasteiger partial charge on any atom is -0.496 e. The van der Waals surface area contributed by atoms with Crippen LogP contribution in [-0.2, 0) is 6.54 Å². The molecule has 0 saturated heterocycles. The van der Waals surface area contributed by atoms with Gasteiger partial charge in [0.25, 0.3) is 0 Å². The Labute approximate surface area is 78.3 Å². The first-order valence-corrected chi connectivity index (χ1v) is 4.32. The molecule has 0 atom stereocenters. The van der Waals surface area contributed by atoms with Crippen molar-refractivity contribution in [3.8, 4) is 5.75 Å². The smallest absolute Gasteiger partial charge is 0.123 e. The van der Waals surface area contributed by atoms with E-state index >= 15 is 0 Å². The molecule has 0 amide bonds. The molecule has 3 nitrogen and oxygen atoms in total. The molecular formula is C10H15NO2. The Balaban J connectivity index is 2.54. The first kappa shape index (κ1) is 10.0. The van der Waals surface area contributed by atoms with Crippen molar-refractivity contribution >= 4 is 0 Å². The summed E-state index contributed by atoms with van der Waals surface area (Å²) >= 11 is 0. The molecule has 1 aromatic rings. The lowest BCUT2D eigenvalue weighted by molar-refractivity contribution is 0.291. The van der Waals surface area contributed by atoms with Crippen LogP contribution in [-0.4, -0.2) is 25.4 Å². The predicted molar refractivity (Wildman–Crippen MR) is 51.8 cm³/mol. The van der Waals surface area contributed by atoms with E-state index in [1.807, 2.05) is 24.3 Å². The van der Waals surface area contributed by atoms with Crippen molar-refractivity contribution in [2.75, 3.05) is 20.3 Å². The maximum Gasteiger partial charge on any atom is 0.123 e. The zero-order valence-electron chi connectivity index (χ0n) is 7.79. The van der Waals surface area contributed by atoms with Crippen LogP contribution < -0.4 is 10.1 Å². The van der Waals surface area contributed by atoms with Crippen LogP contribution in [0, 0.1) is 0 Å². The van der Waals surface area contributed by atoms with Gasteiger partial charge in [-0.2, -0.15) is 0 Å². The van der Waals surface area contributed by atoms with Crippen molar-refractivity contribution < 1.29 is 9.84 Å². The third kappa shape index (κ3) is 3.05. The lowest BCUT2D eigenvalue weighted by Gasteiger charge is -2.08. The van der Waals surface area contributed by atoms with E-state index in [1.54, 1.807) is 7.11 Å². The van der Waals surface area contributed by atoms with Gasteiger partial charge in [-0.1, -0.05) is 18.2 Å². The minimum atomic E-state index is 0.162. The number of para-hydroxylation sites is 1. The molecular weight excluding hydrogens is 166 g/mol. The summed E-state index contributed by atoms with van der Waals surface area (Å²) in [5, 5.41) is 11.7. The van der Waals surface area contributed by atoms with E-state index in [-0.39, 0.29) is 6.61 Å². The lowest BCUT2D eigenvalue weighted by Crippen LogP contribution is -2.17. The maximum absolute atomic E-state index is 8.58. The normalized spacial score (nSPS) is 10.0. The van der Waals surface area contributed by atoms with E-state index in [0.29, 0.717) is 6.54 Å². The van der Waals surface area contributed by atoms with Crippen LogP contribution in [0.5, 0.6) is 5.75 Å². The molecule has 3 heteroatoms. The van der Waals surface area contributed by atoms with E-state index in [4.69, 9.17) is 9.84 Å². The van der Waals surface area contributed by atoms with Crippen LogP contribution in [0.3, 0.4) is 0 Å². The summed E-state index contributed by atoms with van der Waals surface area (Å²) in [6.45, 7) is 1.50. The van der Waals surface area contributed by atoms with Crippen molar-refractivity contribution in [3.63, 3.8) is 0 Å². The van der Waals surface area contributed by atoms with E-state index in [0.717, 1.165) is 17.9 Å². The standard InChI is InChI=1S/C10H15NO2/c1-13-10-5-3-2-4-9(10)8-11-6-7-12/h2-5,11-12H,6-8H2,1H3. The molecule has 0 aliphatic carbocycles. The Bertz CT molecular complexity index is 250. The van der Waals surface area contributed by atoms with Crippen molar-refractivity contribution in [2.45, 2.75) is 6.54 Å². The second-order valence-corrected chi connectivity index (χ2v) is 2.71. The summed E-state index contributed by atoms with van der Waals surface area (Å²) in [7, 11) is 1.66. The summed E-state index contributed by atoms with van der Waals surface area (Å²) in [5.74, 6) is 0.882.